The summed E-state index contributed by atoms with van der Waals surface area (Å²) in [6.45, 7) is 7.10. The molecule has 0 radical (unpaired) electrons. The highest BCUT2D eigenvalue weighted by Gasteiger charge is 2.25. The zero-order valence-electron chi connectivity index (χ0n) is 14.1. The Hall–Kier alpha value is -0.890. The third kappa shape index (κ3) is 5.58. The zero-order chi connectivity index (χ0) is 15.4. The van der Waals surface area contributed by atoms with Crippen LogP contribution in [0, 0.1) is 0 Å². The lowest BCUT2D eigenvalue weighted by molar-refractivity contribution is -0.133. The standard InChI is InChI=1S/C15H25N5O2.2ClH/c1-2-14-17-13(18-22-14)11-19-6-8-20(9-7-19)15(21)10-12-4-3-5-16-12;;/h12,16H,2-11H2,1H3;2*1H. The molecule has 1 amide bonds. The number of rotatable bonds is 5. The number of aryl methyl sites for hydroxylation is 1. The molecule has 1 atom stereocenters. The maximum absolute atomic E-state index is 12.3. The van der Waals surface area contributed by atoms with Gasteiger partial charge in [0, 0.05) is 45.1 Å². The molecule has 1 aromatic heterocycles. The summed E-state index contributed by atoms with van der Waals surface area (Å²) in [5, 5.41) is 7.38. The van der Waals surface area contributed by atoms with Crippen LogP contribution >= 0.6 is 24.8 Å². The largest absolute Gasteiger partial charge is 0.340 e. The lowest BCUT2D eigenvalue weighted by Gasteiger charge is -2.34. The number of piperazine rings is 1. The van der Waals surface area contributed by atoms with Gasteiger partial charge in [-0.2, -0.15) is 4.98 Å². The molecule has 2 aliphatic heterocycles. The lowest BCUT2D eigenvalue weighted by Crippen LogP contribution is -2.49. The van der Waals surface area contributed by atoms with E-state index in [1.165, 1.54) is 6.42 Å². The summed E-state index contributed by atoms with van der Waals surface area (Å²) in [6, 6.07) is 0.386. The highest BCUT2D eigenvalue weighted by molar-refractivity contribution is 5.85. The first-order valence-corrected chi connectivity index (χ1v) is 8.29. The Balaban J connectivity index is 0.00000144. The second kappa shape index (κ2) is 10.2. The molecule has 9 heteroatoms. The minimum Gasteiger partial charge on any atom is -0.340 e. The summed E-state index contributed by atoms with van der Waals surface area (Å²) in [5.74, 6) is 1.71. The van der Waals surface area contributed by atoms with Crippen LogP contribution in [0.4, 0.5) is 0 Å². The molecular weight excluding hydrogens is 353 g/mol. The van der Waals surface area contributed by atoms with Crippen molar-refractivity contribution in [1.29, 1.82) is 0 Å². The zero-order valence-corrected chi connectivity index (χ0v) is 15.7. The van der Waals surface area contributed by atoms with Crippen LogP contribution in [-0.4, -0.2) is 64.6 Å². The predicted octanol–water partition coefficient (Wildman–Crippen LogP) is 1.26. The molecule has 2 saturated heterocycles. The van der Waals surface area contributed by atoms with Crippen molar-refractivity contribution in [3.05, 3.63) is 11.7 Å². The molecule has 1 aromatic rings. The Bertz CT molecular complexity index is 500. The van der Waals surface area contributed by atoms with E-state index >= 15 is 0 Å². The van der Waals surface area contributed by atoms with Crippen molar-refractivity contribution in [3.8, 4) is 0 Å². The number of carbonyl (C=O) groups is 1. The Labute approximate surface area is 155 Å². The Morgan fingerprint density at radius 1 is 1.29 bits per heavy atom. The van der Waals surface area contributed by atoms with Crippen molar-refractivity contribution in [3.63, 3.8) is 0 Å². The van der Waals surface area contributed by atoms with Crippen LogP contribution < -0.4 is 5.32 Å². The average molecular weight is 380 g/mol. The minimum absolute atomic E-state index is 0. The third-order valence-corrected chi connectivity index (χ3v) is 4.49. The number of aromatic nitrogens is 2. The highest BCUT2D eigenvalue weighted by Crippen LogP contribution is 2.13. The smallest absolute Gasteiger partial charge is 0.226 e. The summed E-state index contributed by atoms with van der Waals surface area (Å²) in [5.41, 5.74) is 0. The fourth-order valence-corrected chi connectivity index (χ4v) is 3.12. The van der Waals surface area contributed by atoms with Gasteiger partial charge in [-0.25, -0.2) is 0 Å². The van der Waals surface area contributed by atoms with Crippen LogP contribution in [0.15, 0.2) is 4.52 Å². The Morgan fingerprint density at radius 3 is 2.62 bits per heavy atom. The van der Waals surface area contributed by atoms with Gasteiger partial charge in [0.25, 0.3) is 0 Å². The van der Waals surface area contributed by atoms with E-state index < -0.39 is 0 Å². The van der Waals surface area contributed by atoms with Crippen molar-refractivity contribution < 1.29 is 9.32 Å². The van der Waals surface area contributed by atoms with Crippen molar-refractivity contribution in [2.45, 2.75) is 45.2 Å². The van der Waals surface area contributed by atoms with Gasteiger partial charge < -0.3 is 14.7 Å². The van der Waals surface area contributed by atoms with Crippen LogP contribution in [-0.2, 0) is 17.8 Å². The van der Waals surface area contributed by atoms with Gasteiger partial charge in [0.15, 0.2) is 5.82 Å². The molecule has 3 rings (SSSR count). The van der Waals surface area contributed by atoms with Gasteiger partial charge in [-0.3, -0.25) is 9.69 Å². The van der Waals surface area contributed by atoms with E-state index in [9.17, 15) is 4.79 Å². The summed E-state index contributed by atoms with van der Waals surface area (Å²) in [6.07, 6.45) is 3.73. The Morgan fingerprint density at radius 2 is 2.04 bits per heavy atom. The number of hydrogen-bond donors (Lipinski definition) is 1. The van der Waals surface area contributed by atoms with Crippen molar-refractivity contribution in [2.75, 3.05) is 32.7 Å². The normalized spacial score (nSPS) is 21.2. The second-order valence-electron chi connectivity index (χ2n) is 6.11. The monoisotopic (exact) mass is 379 g/mol. The van der Waals surface area contributed by atoms with Gasteiger partial charge in [0.2, 0.25) is 11.8 Å². The van der Waals surface area contributed by atoms with Crippen molar-refractivity contribution in [1.82, 2.24) is 25.3 Å². The molecule has 0 aliphatic carbocycles. The quantitative estimate of drug-likeness (QED) is 0.829. The van der Waals surface area contributed by atoms with Crippen molar-refractivity contribution in [2.24, 2.45) is 0 Å². The van der Waals surface area contributed by atoms with Gasteiger partial charge in [0.05, 0.1) is 6.54 Å². The molecule has 24 heavy (non-hydrogen) atoms. The van der Waals surface area contributed by atoms with E-state index in [2.05, 4.69) is 20.4 Å². The molecule has 7 nitrogen and oxygen atoms in total. The maximum atomic E-state index is 12.3. The molecule has 1 unspecified atom stereocenters. The van der Waals surface area contributed by atoms with Crippen LogP contribution in [0.3, 0.4) is 0 Å². The topological polar surface area (TPSA) is 74.5 Å². The van der Waals surface area contributed by atoms with Gasteiger partial charge in [-0.15, -0.1) is 24.8 Å². The fourth-order valence-electron chi connectivity index (χ4n) is 3.12. The molecule has 138 valence electrons. The van der Waals surface area contributed by atoms with E-state index in [-0.39, 0.29) is 30.7 Å². The molecule has 0 saturated carbocycles. The van der Waals surface area contributed by atoms with Crippen LogP contribution in [0.5, 0.6) is 0 Å². The summed E-state index contributed by atoms with van der Waals surface area (Å²) in [7, 11) is 0. The van der Waals surface area contributed by atoms with E-state index in [1.54, 1.807) is 0 Å². The first-order valence-electron chi connectivity index (χ1n) is 8.29. The number of halogens is 2. The Kier molecular flexibility index (Phi) is 8.97. The SMILES string of the molecule is CCc1nc(CN2CCN(C(=O)CC3CCCN3)CC2)no1.Cl.Cl. The van der Waals surface area contributed by atoms with Gasteiger partial charge in [-0.1, -0.05) is 12.1 Å². The molecule has 0 spiro atoms. The van der Waals surface area contributed by atoms with Gasteiger partial charge in [0.1, 0.15) is 0 Å². The van der Waals surface area contributed by atoms with Gasteiger partial charge >= 0.3 is 0 Å². The van der Waals surface area contributed by atoms with E-state index in [4.69, 9.17) is 4.52 Å². The lowest BCUT2D eigenvalue weighted by atomic mass is 10.1. The molecule has 2 aliphatic rings. The first-order chi connectivity index (χ1) is 10.7. The van der Waals surface area contributed by atoms with Gasteiger partial charge in [-0.05, 0) is 19.4 Å². The number of amides is 1. The van der Waals surface area contributed by atoms with E-state index in [0.717, 1.165) is 51.4 Å². The van der Waals surface area contributed by atoms with Crippen molar-refractivity contribution >= 4 is 30.7 Å². The molecule has 0 bridgehead atoms. The molecular formula is C15H27Cl2N5O2. The van der Waals surface area contributed by atoms with Crippen LogP contribution in [0.2, 0.25) is 0 Å². The summed E-state index contributed by atoms with van der Waals surface area (Å²) >= 11 is 0. The van der Waals surface area contributed by atoms with E-state index in [0.29, 0.717) is 24.9 Å². The van der Waals surface area contributed by atoms with Crippen LogP contribution in [0.25, 0.3) is 0 Å². The first kappa shape index (κ1) is 21.2. The number of hydrogen-bond acceptors (Lipinski definition) is 6. The minimum atomic E-state index is 0. The number of nitrogens with zero attached hydrogens (tertiary/aromatic N) is 4. The summed E-state index contributed by atoms with van der Waals surface area (Å²) < 4.78 is 5.13. The van der Waals surface area contributed by atoms with E-state index in [1.807, 2.05) is 11.8 Å². The third-order valence-electron chi connectivity index (χ3n) is 4.49. The number of nitrogens with one attached hydrogen (secondary N) is 1. The second-order valence-corrected chi connectivity index (χ2v) is 6.11. The van der Waals surface area contributed by atoms with Crippen LogP contribution in [0.1, 0.15) is 37.9 Å². The average Bonchev–Trinajstić information content (AvgIpc) is 3.19. The molecule has 1 N–H and O–H groups in total. The molecule has 2 fully saturated rings. The number of carbonyl (C=O) groups excluding carboxylic acids is 1. The maximum Gasteiger partial charge on any atom is 0.226 e. The predicted molar refractivity (Wildman–Crippen MR) is 95.7 cm³/mol. The highest BCUT2D eigenvalue weighted by atomic mass is 35.5. The summed E-state index contributed by atoms with van der Waals surface area (Å²) in [4.78, 5) is 20.9. The molecule has 3 heterocycles. The fraction of sp³-hybridized carbons (Fsp3) is 0.800. The molecule has 0 aromatic carbocycles.